The van der Waals surface area contributed by atoms with Crippen molar-refractivity contribution in [3.05, 3.63) is 59.7 Å². The van der Waals surface area contributed by atoms with Crippen molar-refractivity contribution < 1.29 is 9.53 Å². The molecule has 0 saturated carbocycles. The lowest BCUT2D eigenvalue weighted by atomic mass is 10.1. The zero-order valence-electron chi connectivity index (χ0n) is 13.7. The summed E-state index contributed by atoms with van der Waals surface area (Å²) in [6.07, 6.45) is 0.149. The van der Waals surface area contributed by atoms with Crippen molar-refractivity contribution in [1.82, 2.24) is 0 Å². The third-order valence-corrected chi connectivity index (χ3v) is 3.88. The van der Waals surface area contributed by atoms with E-state index < -0.39 is 6.10 Å². The van der Waals surface area contributed by atoms with Gasteiger partial charge in [0, 0.05) is 12.7 Å². The van der Waals surface area contributed by atoms with Crippen molar-refractivity contribution in [3.8, 4) is 5.75 Å². The number of rotatable bonds is 5. The van der Waals surface area contributed by atoms with Crippen LogP contribution in [0, 0.1) is 13.8 Å². The number of likely N-dealkylation sites (N-methyl/N-ethyl adjacent to an activating group) is 1. The van der Waals surface area contributed by atoms with Crippen LogP contribution in [0.4, 0.5) is 5.69 Å². The second kappa shape index (κ2) is 7.12. The summed E-state index contributed by atoms with van der Waals surface area (Å²) in [5.41, 5.74) is 3.25. The van der Waals surface area contributed by atoms with E-state index in [-0.39, 0.29) is 5.91 Å². The standard InChI is InChI=1S/C19H23NO2/c1-5-18(22-17-12-11-14(2)15(3)13-17)19(21)20(4)16-9-7-6-8-10-16/h6-13,18H,5H2,1-4H3/t18-/m0/s1. The van der Waals surface area contributed by atoms with Crippen molar-refractivity contribution in [2.75, 3.05) is 11.9 Å². The van der Waals surface area contributed by atoms with Crippen molar-refractivity contribution in [3.63, 3.8) is 0 Å². The Balaban J connectivity index is 2.13. The van der Waals surface area contributed by atoms with Gasteiger partial charge in [-0.1, -0.05) is 31.2 Å². The third-order valence-electron chi connectivity index (χ3n) is 3.88. The molecule has 0 spiro atoms. The molecule has 0 unspecified atom stereocenters. The summed E-state index contributed by atoms with van der Waals surface area (Å²) in [6, 6.07) is 15.5. The second-order valence-electron chi connectivity index (χ2n) is 5.49. The first-order valence-electron chi connectivity index (χ1n) is 7.59. The number of carbonyl (C=O) groups excluding carboxylic acids is 1. The molecule has 0 bridgehead atoms. The van der Waals surface area contributed by atoms with E-state index in [1.165, 1.54) is 5.56 Å². The maximum absolute atomic E-state index is 12.6. The molecule has 2 rings (SSSR count). The van der Waals surface area contributed by atoms with Gasteiger partial charge in [0.1, 0.15) is 5.75 Å². The molecule has 0 aliphatic rings. The Kier molecular flexibility index (Phi) is 5.21. The molecule has 116 valence electrons. The van der Waals surface area contributed by atoms with Gasteiger partial charge < -0.3 is 9.64 Å². The van der Waals surface area contributed by atoms with Crippen LogP contribution in [0.2, 0.25) is 0 Å². The molecular formula is C19H23NO2. The number of aryl methyl sites for hydroxylation is 2. The summed E-state index contributed by atoms with van der Waals surface area (Å²) in [5, 5.41) is 0. The molecule has 1 amide bonds. The van der Waals surface area contributed by atoms with Gasteiger partial charge in [0.25, 0.3) is 5.91 Å². The van der Waals surface area contributed by atoms with Crippen LogP contribution in [0.15, 0.2) is 48.5 Å². The van der Waals surface area contributed by atoms with Crippen LogP contribution in [-0.2, 0) is 4.79 Å². The van der Waals surface area contributed by atoms with Crippen LogP contribution in [0.25, 0.3) is 0 Å². The molecule has 22 heavy (non-hydrogen) atoms. The molecule has 3 heteroatoms. The maximum atomic E-state index is 12.6. The van der Waals surface area contributed by atoms with Crippen molar-refractivity contribution >= 4 is 11.6 Å². The molecule has 0 heterocycles. The van der Waals surface area contributed by atoms with Crippen LogP contribution < -0.4 is 9.64 Å². The van der Waals surface area contributed by atoms with Gasteiger partial charge in [-0.15, -0.1) is 0 Å². The first-order valence-corrected chi connectivity index (χ1v) is 7.59. The fourth-order valence-corrected chi connectivity index (χ4v) is 2.25. The Hall–Kier alpha value is -2.29. The number of benzene rings is 2. The molecule has 0 fully saturated rings. The molecule has 0 aliphatic carbocycles. The lowest BCUT2D eigenvalue weighted by Crippen LogP contribution is -2.39. The third kappa shape index (κ3) is 3.67. The van der Waals surface area contributed by atoms with Gasteiger partial charge in [0.2, 0.25) is 0 Å². The molecule has 0 aliphatic heterocycles. The smallest absolute Gasteiger partial charge is 0.267 e. The predicted octanol–water partition coefficient (Wildman–Crippen LogP) is 4.12. The summed E-state index contributed by atoms with van der Waals surface area (Å²) in [7, 11) is 1.78. The summed E-state index contributed by atoms with van der Waals surface area (Å²) in [5.74, 6) is 0.705. The molecule has 2 aromatic carbocycles. The Morgan fingerprint density at radius 1 is 1.09 bits per heavy atom. The number of anilines is 1. The molecule has 0 aromatic heterocycles. The fraction of sp³-hybridized carbons (Fsp3) is 0.316. The lowest BCUT2D eigenvalue weighted by Gasteiger charge is -2.24. The molecule has 0 N–H and O–H groups in total. The highest BCUT2D eigenvalue weighted by Gasteiger charge is 2.23. The van der Waals surface area contributed by atoms with Crippen LogP contribution in [0.5, 0.6) is 5.75 Å². The number of ether oxygens (including phenoxy) is 1. The molecule has 1 atom stereocenters. The number of nitrogens with zero attached hydrogens (tertiary/aromatic N) is 1. The van der Waals surface area contributed by atoms with Gasteiger partial charge in [0.05, 0.1) is 0 Å². The molecule has 3 nitrogen and oxygen atoms in total. The maximum Gasteiger partial charge on any atom is 0.267 e. The van der Waals surface area contributed by atoms with Gasteiger partial charge in [-0.05, 0) is 55.7 Å². The molecule has 2 aromatic rings. The average Bonchev–Trinajstić information content (AvgIpc) is 2.55. The minimum absolute atomic E-state index is 0.0353. The number of para-hydroxylation sites is 1. The molecule has 0 saturated heterocycles. The van der Waals surface area contributed by atoms with Crippen molar-refractivity contribution in [2.45, 2.75) is 33.3 Å². The van der Waals surface area contributed by atoms with Crippen molar-refractivity contribution in [2.24, 2.45) is 0 Å². The summed E-state index contributed by atoms with van der Waals surface area (Å²) >= 11 is 0. The first kappa shape index (κ1) is 16.1. The zero-order valence-corrected chi connectivity index (χ0v) is 13.7. The predicted molar refractivity (Wildman–Crippen MR) is 90.5 cm³/mol. The van der Waals surface area contributed by atoms with E-state index >= 15 is 0 Å². The fourth-order valence-electron chi connectivity index (χ4n) is 2.25. The monoisotopic (exact) mass is 297 g/mol. The van der Waals surface area contributed by atoms with E-state index in [2.05, 4.69) is 6.92 Å². The van der Waals surface area contributed by atoms with E-state index in [9.17, 15) is 4.79 Å². The van der Waals surface area contributed by atoms with E-state index in [1.807, 2.05) is 62.4 Å². The van der Waals surface area contributed by atoms with Gasteiger partial charge in [0.15, 0.2) is 6.10 Å². The zero-order chi connectivity index (χ0) is 16.1. The minimum atomic E-state index is -0.479. The Bertz CT molecular complexity index is 637. The van der Waals surface area contributed by atoms with Gasteiger partial charge in [-0.2, -0.15) is 0 Å². The number of hydrogen-bond donors (Lipinski definition) is 0. The van der Waals surface area contributed by atoms with Crippen LogP contribution in [-0.4, -0.2) is 19.1 Å². The minimum Gasteiger partial charge on any atom is -0.481 e. The number of amides is 1. The Labute approximate surface area is 132 Å². The van der Waals surface area contributed by atoms with E-state index in [1.54, 1.807) is 11.9 Å². The number of hydrogen-bond acceptors (Lipinski definition) is 2. The molecule has 0 radical (unpaired) electrons. The van der Waals surface area contributed by atoms with Crippen molar-refractivity contribution in [1.29, 1.82) is 0 Å². The van der Waals surface area contributed by atoms with Gasteiger partial charge >= 0.3 is 0 Å². The Morgan fingerprint density at radius 2 is 1.77 bits per heavy atom. The SMILES string of the molecule is CC[C@H](Oc1ccc(C)c(C)c1)C(=O)N(C)c1ccccc1. The molecular weight excluding hydrogens is 274 g/mol. The second-order valence-corrected chi connectivity index (χ2v) is 5.49. The average molecular weight is 297 g/mol. The van der Waals surface area contributed by atoms with E-state index in [4.69, 9.17) is 4.74 Å². The topological polar surface area (TPSA) is 29.5 Å². The highest BCUT2D eigenvalue weighted by molar-refractivity contribution is 5.96. The largest absolute Gasteiger partial charge is 0.481 e. The van der Waals surface area contributed by atoms with Crippen LogP contribution in [0.1, 0.15) is 24.5 Å². The van der Waals surface area contributed by atoms with Crippen LogP contribution in [0.3, 0.4) is 0 Å². The van der Waals surface area contributed by atoms with Gasteiger partial charge in [-0.3, -0.25) is 4.79 Å². The quantitative estimate of drug-likeness (QED) is 0.830. The Morgan fingerprint density at radius 3 is 2.36 bits per heavy atom. The summed E-state index contributed by atoms with van der Waals surface area (Å²) < 4.78 is 5.91. The highest BCUT2D eigenvalue weighted by atomic mass is 16.5. The highest BCUT2D eigenvalue weighted by Crippen LogP contribution is 2.20. The van der Waals surface area contributed by atoms with E-state index in [0.29, 0.717) is 6.42 Å². The van der Waals surface area contributed by atoms with Gasteiger partial charge in [-0.25, -0.2) is 0 Å². The normalized spacial score (nSPS) is 11.8. The summed E-state index contributed by atoms with van der Waals surface area (Å²) in [4.78, 5) is 14.3. The number of carbonyl (C=O) groups is 1. The van der Waals surface area contributed by atoms with Crippen LogP contribution >= 0.6 is 0 Å². The first-order chi connectivity index (χ1) is 10.5. The summed E-state index contributed by atoms with van der Waals surface area (Å²) in [6.45, 7) is 6.06. The lowest BCUT2D eigenvalue weighted by molar-refractivity contribution is -0.125. The van der Waals surface area contributed by atoms with E-state index in [0.717, 1.165) is 17.0 Å².